The predicted molar refractivity (Wildman–Crippen MR) is 84.4 cm³/mol. The number of hydrogen-bond acceptors (Lipinski definition) is 4. The Kier molecular flexibility index (Phi) is 3.11. The summed E-state index contributed by atoms with van der Waals surface area (Å²) in [7, 11) is 0. The zero-order chi connectivity index (χ0) is 15.1. The standard InChI is InChI=1S/C15H14ClN5O/c16-10-5-1-2-6-12(10)17-8-13-19-15-18-11-7-3-4-9(11)14(22)21(15)20-13/h1-2,5-6,17H,3-4,7-8H2,(H,18,19,20). The maximum Gasteiger partial charge on any atom is 0.277 e. The van der Waals surface area contributed by atoms with Crippen LogP contribution >= 0.6 is 11.6 Å². The summed E-state index contributed by atoms with van der Waals surface area (Å²) in [6.45, 7) is 0.442. The van der Waals surface area contributed by atoms with Gasteiger partial charge in [0.05, 0.1) is 22.9 Å². The Morgan fingerprint density at radius 2 is 2.14 bits per heavy atom. The zero-order valence-electron chi connectivity index (χ0n) is 11.8. The van der Waals surface area contributed by atoms with E-state index < -0.39 is 0 Å². The number of nitrogens with zero attached hydrogens (tertiary/aromatic N) is 3. The van der Waals surface area contributed by atoms with E-state index in [2.05, 4.69) is 20.4 Å². The van der Waals surface area contributed by atoms with Gasteiger partial charge in [0.25, 0.3) is 11.3 Å². The van der Waals surface area contributed by atoms with Gasteiger partial charge in [0.2, 0.25) is 0 Å². The summed E-state index contributed by atoms with van der Waals surface area (Å²) in [5, 5.41) is 6.85. The molecule has 6 nitrogen and oxygen atoms in total. The molecule has 112 valence electrons. The number of nitrogens with one attached hydrogen (secondary N) is 2. The van der Waals surface area contributed by atoms with E-state index in [1.54, 1.807) is 0 Å². The molecule has 3 aromatic rings. The van der Waals surface area contributed by atoms with Crippen LogP contribution in [0.15, 0.2) is 29.1 Å². The Balaban J connectivity index is 1.65. The lowest BCUT2D eigenvalue weighted by Crippen LogP contribution is -2.20. The topological polar surface area (TPSA) is 75.1 Å². The number of rotatable bonds is 3. The maximum atomic E-state index is 12.4. The molecule has 22 heavy (non-hydrogen) atoms. The first-order valence-electron chi connectivity index (χ1n) is 7.20. The van der Waals surface area contributed by atoms with Gasteiger partial charge in [0.1, 0.15) is 5.82 Å². The Labute approximate surface area is 131 Å². The molecule has 0 atom stereocenters. The molecule has 7 heteroatoms. The molecule has 1 aliphatic rings. The highest BCUT2D eigenvalue weighted by molar-refractivity contribution is 6.33. The van der Waals surface area contributed by atoms with Crippen molar-refractivity contribution in [3.63, 3.8) is 0 Å². The van der Waals surface area contributed by atoms with E-state index in [1.165, 1.54) is 4.52 Å². The van der Waals surface area contributed by atoms with Crippen molar-refractivity contribution < 1.29 is 0 Å². The summed E-state index contributed by atoms with van der Waals surface area (Å²) in [6.07, 6.45) is 2.66. The van der Waals surface area contributed by atoms with E-state index in [0.29, 0.717) is 23.2 Å². The quantitative estimate of drug-likeness (QED) is 0.777. The summed E-state index contributed by atoms with van der Waals surface area (Å²) >= 11 is 6.10. The number of aryl methyl sites for hydroxylation is 1. The van der Waals surface area contributed by atoms with Crippen molar-refractivity contribution in [2.45, 2.75) is 25.8 Å². The van der Waals surface area contributed by atoms with Gasteiger partial charge in [0.15, 0.2) is 0 Å². The first-order chi connectivity index (χ1) is 10.7. The van der Waals surface area contributed by atoms with Gasteiger partial charge in [-0.25, -0.2) is 4.98 Å². The largest absolute Gasteiger partial charge is 0.377 e. The molecular formula is C15H14ClN5O. The first kappa shape index (κ1) is 13.3. The summed E-state index contributed by atoms with van der Waals surface area (Å²) in [5.41, 5.74) is 2.50. The second-order valence-electron chi connectivity index (χ2n) is 5.33. The lowest BCUT2D eigenvalue weighted by atomic mass is 10.3. The lowest BCUT2D eigenvalue weighted by Gasteiger charge is -2.05. The summed E-state index contributed by atoms with van der Waals surface area (Å²) < 4.78 is 1.42. The van der Waals surface area contributed by atoms with E-state index in [-0.39, 0.29) is 5.56 Å². The molecular weight excluding hydrogens is 302 g/mol. The van der Waals surface area contributed by atoms with E-state index in [0.717, 1.165) is 36.2 Å². The Morgan fingerprint density at radius 3 is 3.00 bits per heavy atom. The smallest absolute Gasteiger partial charge is 0.277 e. The number of H-pyrrole nitrogens is 1. The minimum Gasteiger partial charge on any atom is -0.377 e. The number of benzene rings is 1. The average molecular weight is 316 g/mol. The van der Waals surface area contributed by atoms with E-state index >= 15 is 0 Å². The van der Waals surface area contributed by atoms with Crippen LogP contribution in [0.1, 0.15) is 23.5 Å². The minimum atomic E-state index is -0.0333. The molecule has 4 rings (SSSR count). The average Bonchev–Trinajstić information content (AvgIpc) is 3.13. The maximum absolute atomic E-state index is 12.4. The van der Waals surface area contributed by atoms with Crippen LogP contribution in [0.25, 0.3) is 5.78 Å². The summed E-state index contributed by atoms with van der Waals surface area (Å²) in [4.78, 5) is 21.2. The number of fused-ring (bicyclic) bond motifs is 2. The molecule has 0 radical (unpaired) electrons. The molecule has 2 aromatic heterocycles. The molecule has 0 amide bonds. The third-order valence-corrected chi connectivity index (χ3v) is 4.21. The van der Waals surface area contributed by atoms with Gasteiger partial charge in [-0.2, -0.15) is 9.50 Å². The normalized spacial score (nSPS) is 13.5. The fraction of sp³-hybridized carbons (Fsp3) is 0.267. The highest BCUT2D eigenvalue weighted by Crippen LogP contribution is 2.21. The first-order valence-corrected chi connectivity index (χ1v) is 7.58. The molecule has 0 spiro atoms. The molecule has 0 bridgehead atoms. The summed E-state index contributed by atoms with van der Waals surface area (Å²) in [6, 6.07) is 7.49. The Hall–Kier alpha value is -2.34. The van der Waals surface area contributed by atoms with Gasteiger partial charge in [-0.1, -0.05) is 23.7 Å². The fourth-order valence-electron chi connectivity index (χ4n) is 2.79. The van der Waals surface area contributed by atoms with E-state index in [1.807, 2.05) is 24.3 Å². The SMILES string of the molecule is O=c1c2c(nc3nc(CNc4ccccc4Cl)[nH]n13)CCC2. The van der Waals surface area contributed by atoms with Gasteiger partial charge in [-0.3, -0.25) is 9.89 Å². The highest BCUT2D eigenvalue weighted by atomic mass is 35.5. The molecule has 0 unspecified atom stereocenters. The van der Waals surface area contributed by atoms with Crippen LogP contribution in [0.2, 0.25) is 5.02 Å². The molecule has 0 fully saturated rings. The van der Waals surface area contributed by atoms with Crippen LogP contribution in [-0.4, -0.2) is 19.6 Å². The van der Waals surface area contributed by atoms with Crippen molar-refractivity contribution >= 4 is 23.1 Å². The molecule has 0 saturated carbocycles. The van der Waals surface area contributed by atoms with Crippen molar-refractivity contribution in [1.82, 2.24) is 19.6 Å². The monoisotopic (exact) mass is 315 g/mol. The third-order valence-electron chi connectivity index (χ3n) is 3.88. The number of hydrogen-bond donors (Lipinski definition) is 2. The molecule has 2 heterocycles. The minimum absolute atomic E-state index is 0.0333. The number of para-hydroxylation sites is 1. The second kappa shape index (κ2) is 5.14. The van der Waals surface area contributed by atoms with Gasteiger partial charge >= 0.3 is 0 Å². The van der Waals surface area contributed by atoms with Crippen LogP contribution < -0.4 is 10.9 Å². The molecule has 1 aliphatic carbocycles. The Bertz CT molecular complexity index is 914. The van der Waals surface area contributed by atoms with Gasteiger partial charge in [-0.15, -0.1) is 0 Å². The molecule has 1 aromatic carbocycles. The van der Waals surface area contributed by atoms with Crippen LogP contribution in [0.5, 0.6) is 0 Å². The van der Waals surface area contributed by atoms with Gasteiger partial charge in [-0.05, 0) is 31.4 Å². The van der Waals surface area contributed by atoms with Crippen LogP contribution in [0.3, 0.4) is 0 Å². The third kappa shape index (κ3) is 2.16. The molecule has 0 saturated heterocycles. The number of anilines is 1. The zero-order valence-corrected chi connectivity index (χ0v) is 12.5. The predicted octanol–water partition coefficient (Wildman–Crippen LogP) is 2.17. The van der Waals surface area contributed by atoms with Crippen LogP contribution in [0, 0.1) is 0 Å². The number of aromatic nitrogens is 4. The number of halogens is 1. The van der Waals surface area contributed by atoms with Crippen molar-refractivity contribution in [2.75, 3.05) is 5.32 Å². The number of aromatic amines is 1. The molecule has 0 aliphatic heterocycles. The van der Waals surface area contributed by atoms with E-state index in [4.69, 9.17) is 11.6 Å². The lowest BCUT2D eigenvalue weighted by molar-refractivity contribution is 0.839. The van der Waals surface area contributed by atoms with Crippen molar-refractivity contribution in [3.8, 4) is 0 Å². The highest BCUT2D eigenvalue weighted by Gasteiger charge is 2.19. The van der Waals surface area contributed by atoms with Crippen molar-refractivity contribution in [1.29, 1.82) is 0 Å². The van der Waals surface area contributed by atoms with Gasteiger partial charge in [0, 0.05) is 5.56 Å². The van der Waals surface area contributed by atoms with Crippen LogP contribution in [0.4, 0.5) is 5.69 Å². The second-order valence-corrected chi connectivity index (χ2v) is 5.74. The van der Waals surface area contributed by atoms with E-state index in [9.17, 15) is 4.79 Å². The molecule has 2 N–H and O–H groups in total. The fourth-order valence-corrected chi connectivity index (χ4v) is 2.99. The summed E-state index contributed by atoms with van der Waals surface area (Å²) in [5.74, 6) is 1.08. The van der Waals surface area contributed by atoms with Crippen LogP contribution in [-0.2, 0) is 19.4 Å². The van der Waals surface area contributed by atoms with Crippen molar-refractivity contribution in [2.24, 2.45) is 0 Å². The Morgan fingerprint density at radius 1 is 1.27 bits per heavy atom. The van der Waals surface area contributed by atoms with Crippen molar-refractivity contribution in [3.05, 3.63) is 56.7 Å². The van der Waals surface area contributed by atoms with Gasteiger partial charge < -0.3 is 5.32 Å².